The van der Waals surface area contributed by atoms with Crippen LogP contribution in [-0.4, -0.2) is 21.8 Å². The third-order valence-electron chi connectivity index (χ3n) is 2.46. The van der Waals surface area contributed by atoms with Crippen LogP contribution in [-0.2, 0) is 6.54 Å². The Bertz CT molecular complexity index is 320. The molecule has 0 bridgehead atoms. The molecule has 1 heterocycles. The zero-order chi connectivity index (χ0) is 12.2. The maximum absolute atomic E-state index is 5.48. The molecule has 0 atom stereocenters. The average molecular weight is 226 g/mol. The van der Waals surface area contributed by atoms with Gasteiger partial charge in [0.15, 0.2) is 0 Å². The first-order valence-electron chi connectivity index (χ1n) is 5.77. The molecule has 0 fully saturated rings. The van der Waals surface area contributed by atoms with Crippen molar-refractivity contribution >= 4 is 6.01 Å². The van der Waals surface area contributed by atoms with E-state index < -0.39 is 0 Å². The van der Waals surface area contributed by atoms with Crippen molar-refractivity contribution in [3.05, 3.63) is 5.89 Å². The third-order valence-corrected chi connectivity index (χ3v) is 2.46. The number of rotatable bonds is 6. The van der Waals surface area contributed by atoms with Crippen LogP contribution in [0.2, 0.25) is 0 Å². The summed E-state index contributed by atoms with van der Waals surface area (Å²) in [5.41, 5.74) is -0.0186. The van der Waals surface area contributed by atoms with Crippen LogP contribution in [0.25, 0.3) is 0 Å². The lowest BCUT2D eigenvalue weighted by atomic mass is 10.0. The first kappa shape index (κ1) is 13.0. The van der Waals surface area contributed by atoms with Crippen LogP contribution in [0.1, 0.15) is 46.9 Å². The molecule has 0 aromatic carbocycles. The van der Waals surface area contributed by atoms with E-state index in [2.05, 4.69) is 55.4 Å². The van der Waals surface area contributed by atoms with Gasteiger partial charge in [-0.2, -0.15) is 0 Å². The van der Waals surface area contributed by atoms with E-state index in [0.29, 0.717) is 24.5 Å². The van der Waals surface area contributed by atoms with Crippen molar-refractivity contribution in [1.82, 2.24) is 15.5 Å². The van der Waals surface area contributed by atoms with E-state index >= 15 is 0 Å². The number of nitrogens with one attached hydrogen (secondary N) is 2. The number of aromatic nitrogens is 2. The lowest BCUT2D eigenvalue weighted by molar-refractivity contribution is 0.442. The summed E-state index contributed by atoms with van der Waals surface area (Å²) in [6, 6.07) is 0.905. The number of hydrogen-bond donors (Lipinski definition) is 2. The highest BCUT2D eigenvalue weighted by molar-refractivity contribution is 5.22. The van der Waals surface area contributed by atoms with Gasteiger partial charge in [-0.25, -0.2) is 0 Å². The number of nitrogens with zero attached hydrogens (tertiary/aromatic N) is 2. The molecule has 2 N–H and O–H groups in total. The van der Waals surface area contributed by atoms with Crippen LogP contribution in [0, 0.1) is 0 Å². The normalized spacial score (nSPS) is 12.1. The van der Waals surface area contributed by atoms with Gasteiger partial charge in [0, 0.05) is 11.6 Å². The molecule has 0 amide bonds. The Balaban J connectivity index is 2.51. The van der Waals surface area contributed by atoms with Gasteiger partial charge in [0.05, 0.1) is 6.54 Å². The molecule has 0 radical (unpaired) electrons. The van der Waals surface area contributed by atoms with Crippen molar-refractivity contribution in [2.75, 3.05) is 5.32 Å². The van der Waals surface area contributed by atoms with Gasteiger partial charge < -0.3 is 15.1 Å². The van der Waals surface area contributed by atoms with Gasteiger partial charge in [0.2, 0.25) is 5.89 Å². The molecular weight excluding hydrogens is 204 g/mol. The van der Waals surface area contributed by atoms with Crippen LogP contribution >= 0.6 is 0 Å². The van der Waals surface area contributed by atoms with E-state index in [-0.39, 0.29) is 5.54 Å². The van der Waals surface area contributed by atoms with Crippen molar-refractivity contribution in [1.29, 1.82) is 0 Å². The topological polar surface area (TPSA) is 63.0 Å². The molecular formula is C11H22N4O. The van der Waals surface area contributed by atoms with Gasteiger partial charge in [-0.15, -0.1) is 5.10 Å². The molecule has 16 heavy (non-hydrogen) atoms. The maximum Gasteiger partial charge on any atom is 0.315 e. The van der Waals surface area contributed by atoms with E-state index in [9.17, 15) is 0 Å². The predicted octanol–water partition coefficient (Wildman–Crippen LogP) is 2.17. The summed E-state index contributed by atoms with van der Waals surface area (Å²) in [5.74, 6) is 0.614. The van der Waals surface area contributed by atoms with Crippen LogP contribution in [0.15, 0.2) is 4.42 Å². The lowest BCUT2D eigenvalue weighted by Gasteiger charge is -2.22. The first-order chi connectivity index (χ1) is 7.43. The Labute approximate surface area is 97.0 Å². The van der Waals surface area contributed by atoms with E-state index in [4.69, 9.17) is 4.42 Å². The summed E-state index contributed by atoms with van der Waals surface area (Å²) in [6.45, 7) is 11.1. The third kappa shape index (κ3) is 4.18. The number of hydrogen-bond acceptors (Lipinski definition) is 5. The maximum atomic E-state index is 5.48. The fourth-order valence-corrected chi connectivity index (χ4v) is 1.04. The van der Waals surface area contributed by atoms with Gasteiger partial charge in [-0.05, 0) is 20.3 Å². The summed E-state index contributed by atoms with van der Waals surface area (Å²) < 4.78 is 5.48. The predicted molar refractivity (Wildman–Crippen MR) is 64.3 cm³/mol. The molecule has 0 unspecified atom stereocenters. The molecule has 1 rings (SSSR count). The van der Waals surface area contributed by atoms with Crippen LogP contribution in [0.4, 0.5) is 6.01 Å². The molecule has 92 valence electrons. The minimum Gasteiger partial charge on any atom is -0.407 e. The molecule has 1 aromatic rings. The minimum absolute atomic E-state index is 0.0186. The highest BCUT2D eigenvalue weighted by Crippen LogP contribution is 2.16. The van der Waals surface area contributed by atoms with E-state index in [0.717, 1.165) is 6.42 Å². The summed E-state index contributed by atoms with van der Waals surface area (Å²) in [4.78, 5) is 0. The first-order valence-corrected chi connectivity index (χ1v) is 5.77. The summed E-state index contributed by atoms with van der Waals surface area (Å²) in [7, 11) is 0. The molecule has 0 saturated heterocycles. The largest absolute Gasteiger partial charge is 0.407 e. The summed E-state index contributed by atoms with van der Waals surface area (Å²) in [6.07, 6.45) is 0.995. The van der Waals surface area contributed by atoms with Crippen LogP contribution < -0.4 is 10.6 Å². The second kappa shape index (κ2) is 5.30. The standard InChI is InChI=1S/C11H22N4O/c1-6-11(4,5)13-10-15-14-9(16-10)7-12-8(2)3/h8,12H,6-7H2,1-5H3,(H,13,15). The Morgan fingerprint density at radius 3 is 2.56 bits per heavy atom. The van der Waals surface area contributed by atoms with Gasteiger partial charge >= 0.3 is 6.01 Å². The van der Waals surface area contributed by atoms with Crippen molar-refractivity contribution in [3.8, 4) is 0 Å². The highest BCUT2D eigenvalue weighted by atomic mass is 16.4. The Morgan fingerprint density at radius 1 is 1.31 bits per heavy atom. The Hall–Kier alpha value is -1.10. The van der Waals surface area contributed by atoms with E-state index in [1.165, 1.54) is 0 Å². The monoisotopic (exact) mass is 226 g/mol. The molecule has 5 heteroatoms. The smallest absolute Gasteiger partial charge is 0.315 e. The SMILES string of the molecule is CCC(C)(C)Nc1nnc(CNC(C)C)o1. The number of anilines is 1. The van der Waals surface area contributed by atoms with Crippen molar-refractivity contribution in [2.45, 2.75) is 59.2 Å². The fourth-order valence-electron chi connectivity index (χ4n) is 1.04. The molecule has 1 aromatic heterocycles. The van der Waals surface area contributed by atoms with Crippen molar-refractivity contribution < 1.29 is 4.42 Å². The fraction of sp³-hybridized carbons (Fsp3) is 0.818. The summed E-state index contributed by atoms with van der Waals surface area (Å²) >= 11 is 0. The second-order valence-corrected chi connectivity index (χ2v) is 4.90. The van der Waals surface area contributed by atoms with Gasteiger partial charge in [-0.3, -0.25) is 0 Å². The average Bonchev–Trinajstić information content (AvgIpc) is 2.62. The van der Waals surface area contributed by atoms with Crippen LogP contribution in [0.5, 0.6) is 0 Å². The summed E-state index contributed by atoms with van der Waals surface area (Å²) in [5, 5.41) is 14.4. The van der Waals surface area contributed by atoms with E-state index in [1.807, 2.05) is 0 Å². The lowest BCUT2D eigenvalue weighted by Crippen LogP contribution is -2.29. The van der Waals surface area contributed by atoms with Crippen LogP contribution in [0.3, 0.4) is 0 Å². The zero-order valence-corrected chi connectivity index (χ0v) is 10.8. The zero-order valence-electron chi connectivity index (χ0n) is 10.8. The quantitative estimate of drug-likeness (QED) is 0.778. The molecule has 0 aliphatic rings. The highest BCUT2D eigenvalue weighted by Gasteiger charge is 2.17. The molecule has 0 aliphatic heterocycles. The molecule has 0 spiro atoms. The van der Waals surface area contributed by atoms with Crippen molar-refractivity contribution in [2.24, 2.45) is 0 Å². The Morgan fingerprint density at radius 2 is 2.00 bits per heavy atom. The molecule has 0 aliphatic carbocycles. The van der Waals surface area contributed by atoms with Crippen molar-refractivity contribution in [3.63, 3.8) is 0 Å². The second-order valence-electron chi connectivity index (χ2n) is 4.90. The van der Waals surface area contributed by atoms with Gasteiger partial charge in [0.1, 0.15) is 0 Å². The Kier molecular flexibility index (Phi) is 4.29. The van der Waals surface area contributed by atoms with Gasteiger partial charge in [0.25, 0.3) is 0 Å². The van der Waals surface area contributed by atoms with E-state index in [1.54, 1.807) is 0 Å². The molecule has 5 nitrogen and oxygen atoms in total. The van der Waals surface area contributed by atoms with Gasteiger partial charge in [-0.1, -0.05) is 25.9 Å². The minimum atomic E-state index is -0.0186. The molecule has 0 saturated carbocycles.